The van der Waals surface area contributed by atoms with Crippen molar-refractivity contribution in [1.82, 2.24) is 0 Å². The summed E-state index contributed by atoms with van der Waals surface area (Å²) in [6, 6.07) is 7.26. The number of rotatable bonds is 5. The molecular weight excluding hydrogens is 282 g/mol. The Morgan fingerprint density at radius 3 is 2.80 bits per heavy atom. The Morgan fingerprint density at radius 2 is 2.15 bits per heavy atom. The van der Waals surface area contributed by atoms with Crippen molar-refractivity contribution in [2.45, 2.75) is 26.2 Å². The standard InChI is InChI=1S/C14H16ClNO4/c1-8(2)19-14-12(11(15)13(17)20-14)16-9-5-4-6-10(7-9)18-3/h4-8,14,16H,1-3H3/t14-/m0/s1. The zero-order chi connectivity index (χ0) is 14.7. The molecular formula is C14H16ClNO4. The molecule has 0 aliphatic carbocycles. The maximum Gasteiger partial charge on any atom is 0.354 e. The lowest BCUT2D eigenvalue weighted by Crippen LogP contribution is -2.23. The van der Waals surface area contributed by atoms with Crippen LogP contribution in [0, 0.1) is 0 Å². The molecule has 1 aliphatic heterocycles. The molecule has 1 atom stereocenters. The number of anilines is 1. The minimum absolute atomic E-state index is 0.00142. The number of ether oxygens (including phenoxy) is 3. The first-order valence-corrected chi connectivity index (χ1v) is 6.56. The molecule has 0 saturated heterocycles. The van der Waals surface area contributed by atoms with E-state index in [1.807, 2.05) is 32.0 Å². The molecule has 0 saturated carbocycles. The fourth-order valence-electron chi connectivity index (χ4n) is 1.73. The van der Waals surface area contributed by atoms with Crippen molar-refractivity contribution < 1.29 is 19.0 Å². The van der Waals surface area contributed by atoms with E-state index >= 15 is 0 Å². The summed E-state index contributed by atoms with van der Waals surface area (Å²) in [4.78, 5) is 11.5. The number of carbonyl (C=O) groups is 1. The summed E-state index contributed by atoms with van der Waals surface area (Å²) in [5.74, 6) is 0.0982. The minimum atomic E-state index is -0.818. The smallest absolute Gasteiger partial charge is 0.354 e. The van der Waals surface area contributed by atoms with Crippen molar-refractivity contribution in [1.29, 1.82) is 0 Å². The quantitative estimate of drug-likeness (QED) is 0.847. The van der Waals surface area contributed by atoms with Gasteiger partial charge in [0.05, 0.1) is 13.2 Å². The van der Waals surface area contributed by atoms with Gasteiger partial charge in [0.25, 0.3) is 0 Å². The van der Waals surface area contributed by atoms with E-state index in [0.29, 0.717) is 11.4 Å². The van der Waals surface area contributed by atoms with Crippen LogP contribution in [-0.4, -0.2) is 25.5 Å². The van der Waals surface area contributed by atoms with Crippen LogP contribution < -0.4 is 10.1 Å². The predicted molar refractivity (Wildman–Crippen MR) is 75.6 cm³/mol. The second-order valence-corrected chi connectivity index (χ2v) is 4.88. The van der Waals surface area contributed by atoms with Crippen LogP contribution in [0.5, 0.6) is 5.75 Å². The van der Waals surface area contributed by atoms with Gasteiger partial charge >= 0.3 is 5.97 Å². The Bertz CT molecular complexity index is 542. The molecule has 1 N–H and O–H groups in total. The lowest BCUT2D eigenvalue weighted by Gasteiger charge is -2.18. The highest BCUT2D eigenvalue weighted by molar-refractivity contribution is 6.42. The molecule has 0 fully saturated rings. The second-order valence-electron chi connectivity index (χ2n) is 4.51. The highest BCUT2D eigenvalue weighted by Crippen LogP contribution is 2.29. The fourth-order valence-corrected chi connectivity index (χ4v) is 1.92. The molecule has 0 radical (unpaired) electrons. The molecule has 2 rings (SSSR count). The third kappa shape index (κ3) is 3.23. The van der Waals surface area contributed by atoms with Crippen molar-refractivity contribution in [2.75, 3.05) is 12.4 Å². The number of methoxy groups -OCH3 is 1. The number of carbonyl (C=O) groups excluding carboxylic acids is 1. The number of hydrogen-bond donors (Lipinski definition) is 1. The largest absolute Gasteiger partial charge is 0.497 e. The molecule has 1 aromatic rings. The van der Waals surface area contributed by atoms with Crippen LogP contribution in [0.3, 0.4) is 0 Å². The van der Waals surface area contributed by atoms with Gasteiger partial charge in [-0.25, -0.2) is 4.79 Å². The van der Waals surface area contributed by atoms with Gasteiger partial charge in [0.2, 0.25) is 6.29 Å². The van der Waals surface area contributed by atoms with Gasteiger partial charge < -0.3 is 19.5 Å². The van der Waals surface area contributed by atoms with Gasteiger partial charge in [-0.15, -0.1) is 0 Å². The Morgan fingerprint density at radius 1 is 1.40 bits per heavy atom. The van der Waals surface area contributed by atoms with Crippen molar-refractivity contribution in [3.8, 4) is 5.75 Å². The maximum absolute atomic E-state index is 11.5. The number of halogens is 1. The molecule has 0 unspecified atom stereocenters. The number of benzene rings is 1. The van der Waals surface area contributed by atoms with Crippen LogP contribution in [0.4, 0.5) is 5.69 Å². The summed E-state index contributed by atoms with van der Waals surface area (Å²) in [6.45, 7) is 3.70. The molecule has 108 valence electrons. The molecule has 1 aliphatic rings. The lowest BCUT2D eigenvalue weighted by atomic mass is 10.3. The van der Waals surface area contributed by atoms with E-state index < -0.39 is 12.3 Å². The molecule has 1 aromatic carbocycles. The normalized spacial score (nSPS) is 18.4. The van der Waals surface area contributed by atoms with Gasteiger partial charge in [0.1, 0.15) is 11.4 Å². The van der Waals surface area contributed by atoms with Gasteiger partial charge in [-0.05, 0) is 26.0 Å². The summed E-state index contributed by atoms with van der Waals surface area (Å²) in [7, 11) is 1.58. The fraction of sp³-hybridized carbons (Fsp3) is 0.357. The summed E-state index contributed by atoms with van der Waals surface area (Å²) in [5.41, 5.74) is 1.13. The molecule has 0 spiro atoms. The number of hydrogen-bond acceptors (Lipinski definition) is 5. The lowest BCUT2D eigenvalue weighted by molar-refractivity contribution is -0.165. The van der Waals surface area contributed by atoms with Crippen LogP contribution in [0.15, 0.2) is 35.0 Å². The summed E-state index contributed by atoms with van der Waals surface area (Å²) < 4.78 is 15.7. The van der Waals surface area contributed by atoms with E-state index in [9.17, 15) is 4.79 Å². The van der Waals surface area contributed by atoms with E-state index in [4.69, 9.17) is 25.8 Å². The van der Waals surface area contributed by atoms with Crippen LogP contribution in [0.25, 0.3) is 0 Å². The average molecular weight is 298 g/mol. The Hall–Kier alpha value is -1.72. The zero-order valence-corrected chi connectivity index (χ0v) is 12.2. The number of nitrogens with one attached hydrogen (secondary N) is 1. The Balaban J connectivity index is 2.21. The van der Waals surface area contributed by atoms with E-state index in [1.54, 1.807) is 13.2 Å². The highest BCUT2D eigenvalue weighted by atomic mass is 35.5. The van der Waals surface area contributed by atoms with Gasteiger partial charge in [-0.3, -0.25) is 0 Å². The average Bonchev–Trinajstić information content (AvgIpc) is 2.66. The van der Waals surface area contributed by atoms with Crippen LogP contribution in [0.1, 0.15) is 13.8 Å². The summed E-state index contributed by atoms with van der Waals surface area (Å²) >= 11 is 5.96. The van der Waals surface area contributed by atoms with Crippen LogP contribution in [-0.2, 0) is 14.3 Å². The monoisotopic (exact) mass is 297 g/mol. The molecule has 6 heteroatoms. The molecule has 0 aromatic heterocycles. The van der Waals surface area contributed by atoms with Crippen molar-refractivity contribution >= 4 is 23.3 Å². The molecule has 0 bridgehead atoms. The third-order valence-electron chi connectivity index (χ3n) is 2.61. The minimum Gasteiger partial charge on any atom is -0.497 e. The first-order valence-electron chi connectivity index (χ1n) is 6.18. The van der Waals surface area contributed by atoms with E-state index in [2.05, 4.69) is 5.32 Å². The number of esters is 1. The topological polar surface area (TPSA) is 56.8 Å². The first kappa shape index (κ1) is 14.7. The zero-order valence-electron chi connectivity index (χ0n) is 11.5. The Kier molecular flexibility index (Phi) is 4.52. The first-order chi connectivity index (χ1) is 9.51. The van der Waals surface area contributed by atoms with Crippen molar-refractivity contribution in [3.05, 3.63) is 35.0 Å². The van der Waals surface area contributed by atoms with Gasteiger partial charge in [0.15, 0.2) is 5.03 Å². The summed E-state index contributed by atoms with van der Waals surface area (Å²) in [5, 5.41) is 3.05. The third-order valence-corrected chi connectivity index (χ3v) is 2.97. The molecule has 20 heavy (non-hydrogen) atoms. The van der Waals surface area contributed by atoms with Crippen LogP contribution >= 0.6 is 11.6 Å². The maximum atomic E-state index is 11.5. The van der Waals surface area contributed by atoms with Crippen LogP contribution in [0.2, 0.25) is 0 Å². The molecule has 0 amide bonds. The van der Waals surface area contributed by atoms with Crippen molar-refractivity contribution in [2.24, 2.45) is 0 Å². The van der Waals surface area contributed by atoms with Gasteiger partial charge in [-0.2, -0.15) is 0 Å². The second kappa shape index (κ2) is 6.15. The number of cyclic esters (lactones) is 1. The van der Waals surface area contributed by atoms with Crippen molar-refractivity contribution in [3.63, 3.8) is 0 Å². The highest BCUT2D eigenvalue weighted by Gasteiger charge is 2.34. The SMILES string of the molecule is COc1cccc(NC2=C(Cl)C(=O)O[C@@H]2OC(C)C)c1. The van der Waals surface area contributed by atoms with Gasteiger partial charge in [-0.1, -0.05) is 17.7 Å². The van der Waals surface area contributed by atoms with E-state index in [0.717, 1.165) is 5.69 Å². The molecule has 1 heterocycles. The van der Waals surface area contributed by atoms with E-state index in [1.165, 1.54) is 0 Å². The summed E-state index contributed by atoms with van der Waals surface area (Å²) in [6.07, 6.45) is -0.918. The Labute approximate surface area is 122 Å². The van der Waals surface area contributed by atoms with E-state index in [-0.39, 0.29) is 11.1 Å². The predicted octanol–water partition coefficient (Wildman–Crippen LogP) is 2.87. The molecule has 5 nitrogen and oxygen atoms in total. The van der Waals surface area contributed by atoms with Gasteiger partial charge in [0, 0.05) is 11.8 Å².